The highest BCUT2D eigenvalue weighted by Crippen LogP contribution is 2.20. The van der Waals surface area contributed by atoms with Gasteiger partial charge in [0.25, 0.3) is 11.4 Å². The zero-order chi connectivity index (χ0) is 20.2. The molecule has 2 aromatic heterocycles. The highest BCUT2D eigenvalue weighted by molar-refractivity contribution is 5.76. The number of halogens is 1. The normalized spacial score (nSPS) is 14.7. The summed E-state index contributed by atoms with van der Waals surface area (Å²) in [5, 5.41) is 6.87. The third kappa shape index (κ3) is 4.42. The molecule has 1 aromatic carbocycles. The lowest BCUT2D eigenvalue weighted by Gasteiger charge is -2.22. The largest absolute Gasteiger partial charge is 0.352 e. The summed E-state index contributed by atoms with van der Waals surface area (Å²) in [5.41, 5.74) is 0.393. The lowest BCUT2D eigenvalue weighted by Crippen LogP contribution is -2.39. The number of benzene rings is 1. The van der Waals surface area contributed by atoms with Gasteiger partial charge in [0.15, 0.2) is 0 Å². The Balaban J connectivity index is 1.51. The van der Waals surface area contributed by atoms with Crippen molar-refractivity contribution in [2.75, 3.05) is 0 Å². The number of amides is 1. The van der Waals surface area contributed by atoms with Gasteiger partial charge >= 0.3 is 0 Å². The molecule has 150 valence electrons. The average Bonchev–Trinajstić information content (AvgIpc) is 3.21. The van der Waals surface area contributed by atoms with E-state index in [1.165, 1.54) is 35.3 Å². The first kappa shape index (κ1) is 19.0. The monoisotopic (exact) mass is 396 g/mol. The van der Waals surface area contributed by atoms with E-state index < -0.39 is 0 Å². The maximum absolute atomic E-state index is 13.1. The van der Waals surface area contributed by atoms with Gasteiger partial charge in [-0.2, -0.15) is 4.98 Å². The molecule has 1 aliphatic rings. The number of carbonyl (C=O) groups is 1. The molecule has 3 aromatic rings. The standard InChI is InChI=1S/C21H21FN4O3/c22-15-10-8-14(9-11-15)19-24-20(29-25-19)17-7-4-12-26(21(17)28)13-18(27)23-16-5-2-1-3-6-16/h4,7-12,16H,1-3,5-6,13H2,(H,23,27). The predicted octanol–water partition coefficient (Wildman–Crippen LogP) is 3.15. The van der Waals surface area contributed by atoms with Gasteiger partial charge in [-0.05, 0) is 49.2 Å². The molecule has 1 saturated carbocycles. The molecule has 1 amide bonds. The molecule has 7 nitrogen and oxygen atoms in total. The van der Waals surface area contributed by atoms with Crippen LogP contribution in [0.4, 0.5) is 4.39 Å². The summed E-state index contributed by atoms with van der Waals surface area (Å²) >= 11 is 0. The van der Waals surface area contributed by atoms with Gasteiger partial charge in [-0.1, -0.05) is 24.4 Å². The number of carbonyl (C=O) groups excluding carboxylic acids is 1. The van der Waals surface area contributed by atoms with E-state index in [0.717, 1.165) is 25.7 Å². The number of rotatable bonds is 5. The number of hydrogen-bond donors (Lipinski definition) is 1. The van der Waals surface area contributed by atoms with Crippen molar-refractivity contribution >= 4 is 5.91 Å². The molecular formula is C21H21FN4O3. The summed E-state index contributed by atoms with van der Waals surface area (Å²) in [6, 6.07) is 9.07. The van der Waals surface area contributed by atoms with Crippen molar-refractivity contribution in [3.8, 4) is 22.8 Å². The molecule has 1 aliphatic carbocycles. The number of nitrogens with zero attached hydrogens (tertiary/aromatic N) is 3. The van der Waals surface area contributed by atoms with Crippen molar-refractivity contribution in [1.82, 2.24) is 20.0 Å². The molecule has 2 heterocycles. The molecule has 0 saturated heterocycles. The van der Waals surface area contributed by atoms with Crippen LogP contribution in [0.15, 0.2) is 51.9 Å². The lowest BCUT2D eigenvalue weighted by molar-refractivity contribution is -0.122. The Morgan fingerprint density at radius 1 is 1.17 bits per heavy atom. The Kier molecular flexibility index (Phi) is 5.50. The topological polar surface area (TPSA) is 90.0 Å². The minimum absolute atomic E-state index is 0.0522. The van der Waals surface area contributed by atoms with Crippen LogP contribution >= 0.6 is 0 Å². The highest BCUT2D eigenvalue weighted by Gasteiger charge is 2.18. The second-order valence-electron chi connectivity index (χ2n) is 7.19. The summed E-state index contributed by atoms with van der Waals surface area (Å²) in [6.45, 7) is -0.0673. The van der Waals surface area contributed by atoms with E-state index in [4.69, 9.17) is 4.52 Å². The summed E-state index contributed by atoms with van der Waals surface area (Å²) in [6.07, 6.45) is 6.97. The predicted molar refractivity (Wildman–Crippen MR) is 104 cm³/mol. The van der Waals surface area contributed by atoms with Crippen molar-refractivity contribution in [1.29, 1.82) is 0 Å². The van der Waals surface area contributed by atoms with E-state index in [1.807, 2.05) is 0 Å². The molecule has 0 aliphatic heterocycles. The van der Waals surface area contributed by atoms with Crippen LogP contribution in [0.1, 0.15) is 32.1 Å². The lowest BCUT2D eigenvalue weighted by atomic mass is 9.95. The molecule has 1 fully saturated rings. The fourth-order valence-electron chi connectivity index (χ4n) is 3.55. The smallest absolute Gasteiger partial charge is 0.263 e. The van der Waals surface area contributed by atoms with Crippen LogP contribution in [0, 0.1) is 5.82 Å². The number of nitrogens with one attached hydrogen (secondary N) is 1. The van der Waals surface area contributed by atoms with Crippen molar-refractivity contribution < 1.29 is 13.7 Å². The third-order valence-electron chi connectivity index (χ3n) is 5.06. The Labute approximate surface area is 166 Å². The zero-order valence-corrected chi connectivity index (χ0v) is 15.8. The van der Waals surface area contributed by atoms with Crippen LogP contribution in [0.5, 0.6) is 0 Å². The molecule has 0 atom stereocenters. The second-order valence-corrected chi connectivity index (χ2v) is 7.19. The summed E-state index contributed by atoms with van der Waals surface area (Å²) in [4.78, 5) is 29.4. The van der Waals surface area contributed by atoms with Crippen molar-refractivity contribution in [3.05, 3.63) is 58.8 Å². The fourth-order valence-corrected chi connectivity index (χ4v) is 3.55. The zero-order valence-electron chi connectivity index (χ0n) is 15.8. The van der Waals surface area contributed by atoms with Crippen LogP contribution in [0.2, 0.25) is 0 Å². The van der Waals surface area contributed by atoms with Crippen molar-refractivity contribution in [2.45, 2.75) is 44.7 Å². The first-order chi connectivity index (χ1) is 14.1. The van der Waals surface area contributed by atoms with Crippen LogP contribution < -0.4 is 10.9 Å². The quantitative estimate of drug-likeness (QED) is 0.716. The Bertz CT molecular complexity index is 1050. The van der Waals surface area contributed by atoms with Crippen LogP contribution in [-0.4, -0.2) is 26.7 Å². The van der Waals surface area contributed by atoms with E-state index in [9.17, 15) is 14.0 Å². The van der Waals surface area contributed by atoms with Crippen LogP contribution in [-0.2, 0) is 11.3 Å². The molecular weight excluding hydrogens is 375 g/mol. The van der Waals surface area contributed by atoms with Gasteiger partial charge in [-0.25, -0.2) is 4.39 Å². The third-order valence-corrected chi connectivity index (χ3v) is 5.06. The maximum Gasteiger partial charge on any atom is 0.263 e. The molecule has 1 N–H and O–H groups in total. The number of pyridine rings is 1. The maximum atomic E-state index is 13.1. The molecule has 4 rings (SSSR count). The molecule has 0 bridgehead atoms. The van der Waals surface area contributed by atoms with Crippen molar-refractivity contribution in [2.24, 2.45) is 0 Å². The number of hydrogen-bond acceptors (Lipinski definition) is 5. The minimum atomic E-state index is -0.388. The average molecular weight is 396 g/mol. The molecule has 0 radical (unpaired) electrons. The Morgan fingerprint density at radius 2 is 1.93 bits per heavy atom. The fraction of sp³-hybridized carbons (Fsp3) is 0.333. The van der Waals surface area contributed by atoms with Gasteiger partial charge in [-0.3, -0.25) is 9.59 Å². The molecule has 8 heteroatoms. The SMILES string of the molecule is O=C(Cn1cccc(-c2nc(-c3ccc(F)cc3)no2)c1=O)NC1CCCCC1. The minimum Gasteiger partial charge on any atom is -0.352 e. The molecule has 0 spiro atoms. The van der Waals surface area contributed by atoms with Crippen LogP contribution in [0.3, 0.4) is 0 Å². The second kappa shape index (κ2) is 8.38. The Morgan fingerprint density at radius 3 is 2.69 bits per heavy atom. The van der Waals surface area contributed by atoms with E-state index in [0.29, 0.717) is 5.56 Å². The Hall–Kier alpha value is -3.29. The summed E-state index contributed by atoms with van der Waals surface area (Å²) in [7, 11) is 0. The van der Waals surface area contributed by atoms with E-state index in [-0.39, 0.29) is 47.1 Å². The van der Waals surface area contributed by atoms with Gasteiger partial charge in [0, 0.05) is 17.8 Å². The summed E-state index contributed by atoms with van der Waals surface area (Å²) in [5.74, 6) is -0.246. The first-order valence-corrected chi connectivity index (χ1v) is 9.69. The highest BCUT2D eigenvalue weighted by atomic mass is 19.1. The van der Waals surface area contributed by atoms with Gasteiger partial charge in [0.1, 0.15) is 17.9 Å². The van der Waals surface area contributed by atoms with E-state index in [1.54, 1.807) is 18.3 Å². The van der Waals surface area contributed by atoms with Crippen LogP contribution in [0.25, 0.3) is 22.8 Å². The van der Waals surface area contributed by atoms with Gasteiger partial charge < -0.3 is 14.4 Å². The van der Waals surface area contributed by atoms with E-state index >= 15 is 0 Å². The molecule has 29 heavy (non-hydrogen) atoms. The summed E-state index contributed by atoms with van der Waals surface area (Å²) < 4.78 is 19.6. The first-order valence-electron chi connectivity index (χ1n) is 9.69. The van der Waals surface area contributed by atoms with Crippen molar-refractivity contribution in [3.63, 3.8) is 0 Å². The molecule has 0 unspecified atom stereocenters. The van der Waals surface area contributed by atoms with Gasteiger partial charge in [-0.15, -0.1) is 0 Å². The van der Waals surface area contributed by atoms with Gasteiger partial charge in [0.05, 0.1) is 0 Å². The van der Waals surface area contributed by atoms with E-state index in [2.05, 4.69) is 15.5 Å². The number of aromatic nitrogens is 3. The van der Waals surface area contributed by atoms with Gasteiger partial charge in [0.2, 0.25) is 11.7 Å².